The summed E-state index contributed by atoms with van der Waals surface area (Å²) in [5.41, 5.74) is 2.48. The van der Waals surface area contributed by atoms with E-state index in [9.17, 15) is 0 Å². The number of rotatable bonds is 7. The molecule has 120 valence electrons. The lowest BCUT2D eigenvalue weighted by Crippen LogP contribution is -2.38. The molecule has 0 aliphatic heterocycles. The number of para-hydroxylation sites is 1. The van der Waals surface area contributed by atoms with E-state index in [-0.39, 0.29) is 12.5 Å². The van der Waals surface area contributed by atoms with Crippen LogP contribution in [0.4, 0.5) is 0 Å². The van der Waals surface area contributed by atoms with Crippen LogP contribution < -0.4 is 10.6 Å². The molecule has 1 atom stereocenters. The minimum Gasteiger partial charge on any atom is -0.396 e. The molecule has 2 aromatic rings. The number of aliphatic hydroxyl groups excluding tert-OH is 1. The van der Waals surface area contributed by atoms with E-state index in [0.717, 1.165) is 25.5 Å². The van der Waals surface area contributed by atoms with Crippen LogP contribution in [-0.2, 0) is 6.42 Å². The molecule has 0 fully saturated rings. The molecule has 0 radical (unpaired) electrons. The van der Waals surface area contributed by atoms with E-state index in [1.807, 2.05) is 19.9 Å². The molecule has 1 unspecified atom stereocenters. The first kappa shape index (κ1) is 16.4. The number of nitrogens with zero attached hydrogens (tertiary/aromatic N) is 1. The normalized spacial score (nSPS) is 13.3. The summed E-state index contributed by atoms with van der Waals surface area (Å²) in [6, 6.07) is 8.34. The summed E-state index contributed by atoms with van der Waals surface area (Å²) >= 11 is 0. The Bertz CT molecular complexity index is 605. The van der Waals surface area contributed by atoms with Gasteiger partial charge in [-0.2, -0.15) is 0 Å². The summed E-state index contributed by atoms with van der Waals surface area (Å²) in [5, 5.41) is 16.9. The van der Waals surface area contributed by atoms with Gasteiger partial charge in [0.15, 0.2) is 5.96 Å². The molecule has 0 bridgehead atoms. The van der Waals surface area contributed by atoms with Gasteiger partial charge in [0.05, 0.1) is 0 Å². The van der Waals surface area contributed by atoms with Crippen molar-refractivity contribution in [2.75, 3.05) is 26.2 Å². The second kappa shape index (κ2) is 8.44. The minimum absolute atomic E-state index is 0.165. The lowest BCUT2D eigenvalue weighted by Gasteiger charge is -2.12. The second-order valence-electron chi connectivity index (χ2n) is 5.54. The minimum atomic E-state index is 0.165. The average molecular weight is 302 g/mol. The molecule has 0 saturated carbocycles. The number of hydrogen-bond acceptors (Lipinski definition) is 2. The third-order valence-corrected chi connectivity index (χ3v) is 3.58. The van der Waals surface area contributed by atoms with Gasteiger partial charge in [-0.1, -0.05) is 25.1 Å². The van der Waals surface area contributed by atoms with Crippen LogP contribution >= 0.6 is 0 Å². The maximum absolute atomic E-state index is 9.07. The Morgan fingerprint density at radius 1 is 1.32 bits per heavy atom. The third-order valence-electron chi connectivity index (χ3n) is 3.58. The molecule has 4 N–H and O–H groups in total. The number of aromatic nitrogens is 1. The standard InChI is InChI=1S/C17H26N4O/c1-3-18-17(21-10-13(2)12-22)19-9-8-14-11-20-16-7-5-4-6-15(14)16/h4-7,11,13,20,22H,3,8-10,12H2,1-2H3,(H2,18,19,21). The average Bonchev–Trinajstić information content (AvgIpc) is 2.95. The lowest BCUT2D eigenvalue weighted by molar-refractivity contribution is 0.241. The summed E-state index contributed by atoms with van der Waals surface area (Å²) < 4.78 is 0. The van der Waals surface area contributed by atoms with Crippen molar-refractivity contribution in [3.8, 4) is 0 Å². The molecule has 22 heavy (non-hydrogen) atoms. The van der Waals surface area contributed by atoms with E-state index in [1.54, 1.807) is 0 Å². The molecular weight excluding hydrogens is 276 g/mol. The smallest absolute Gasteiger partial charge is 0.191 e. The number of nitrogens with one attached hydrogen (secondary N) is 3. The van der Waals surface area contributed by atoms with E-state index in [4.69, 9.17) is 5.11 Å². The Labute approximate surface area is 131 Å². The zero-order valence-electron chi connectivity index (χ0n) is 13.4. The highest BCUT2D eigenvalue weighted by Gasteiger charge is 2.04. The summed E-state index contributed by atoms with van der Waals surface area (Å²) in [6.07, 6.45) is 3.01. The van der Waals surface area contributed by atoms with Crippen LogP contribution in [0.5, 0.6) is 0 Å². The van der Waals surface area contributed by atoms with Crippen molar-refractivity contribution in [2.45, 2.75) is 20.3 Å². The zero-order valence-corrected chi connectivity index (χ0v) is 13.4. The molecule has 0 saturated heterocycles. The van der Waals surface area contributed by atoms with Gasteiger partial charge in [-0.25, -0.2) is 0 Å². The van der Waals surface area contributed by atoms with Gasteiger partial charge in [0, 0.05) is 43.3 Å². The topological polar surface area (TPSA) is 72.4 Å². The van der Waals surface area contributed by atoms with Crippen LogP contribution in [0, 0.1) is 5.92 Å². The molecule has 1 aromatic heterocycles. The number of benzene rings is 1. The van der Waals surface area contributed by atoms with E-state index < -0.39 is 0 Å². The molecule has 5 heteroatoms. The summed E-state index contributed by atoms with van der Waals surface area (Å²) in [5.74, 6) is 0.992. The highest BCUT2D eigenvalue weighted by atomic mass is 16.3. The van der Waals surface area contributed by atoms with Gasteiger partial charge >= 0.3 is 0 Å². The molecule has 1 heterocycles. The van der Waals surface area contributed by atoms with Gasteiger partial charge in [0.2, 0.25) is 0 Å². The van der Waals surface area contributed by atoms with Gasteiger partial charge in [-0.05, 0) is 30.9 Å². The van der Waals surface area contributed by atoms with Gasteiger partial charge in [-0.3, -0.25) is 4.99 Å². The molecule has 0 amide bonds. The number of fused-ring (bicyclic) bond motifs is 1. The largest absolute Gasteiger partial charge is 0.396 e. The predicted molar refractivity (Wildman–Crippen MR) is 92.2 cm³/mol. The fraction of sp³-hybridized carbons (Fsp3) is 0.471. The summed E-state index contributed by atoms with van der Waals surface area (Å²) in [7, 11) is 0. The van der Waals surface area contributed by atoms with Crippen LogP contribution in [0.25, 0.3) is 10.9 Å². The van der Waals surface area contributed by atoms with Gasteiger partial charge in [0.25, 0.3) is 0 Å². The molecule has 0 aliphatic carbocycles. The summed E-state index contributed by atoms with van der Waals surface area (Å²) in [4.78, 5) is 7.79. The van der Waals surface area contributed by atoms with Crippen LogP contribution in [0.15, 0.2) is 35.5 Å². The van der Waals surface area contributed by atoms with E-state index in [2.05, 4.69) is 45.0 Å². The highest BCUT2D eigenvalue weighted by molar-refractivity contribution is 5.83. The molecule has 5 nitrogen and oxygen atoms in total. The fourth-order valence-electron chi connectivity index (χ4n) is 2.30. The lowest BCUT2D eigenvalue weighted by atomic mass is 10.1. The Kier molecular flexibility index (Phi) is 6.27. The van der Waals surface area contributed by atoms with Crippen molar-refractivity contribution >= 4 is 16.9 Å². The van der Waals surface area contributed by atoms with Gasteiger partial charge in [0.1, 0.15) is 0 Å². The predicted octanol–water partition coefficient (Wildman–Crippen LogP) is 1.89. The number of aliphatic imine (C=N–C) groups is 1. The Hall–Kier alpha value is -2.01. The first-order valence-electron chi connectivity index (χ1n) is 7.92. The summed E-state index contributed by atoms with van der Waals surface area (Å²) in [6.45, 7) is 6.47. The first-order valence-corrected chi connectivity index (χ1v) is 7.92. The molecule has 0 spiro atoms. The van der Waals surface area contributed by atoms with Crippen molar-refractivity contribution < 1.29 is 5.11 Å². The van der Waals surface area contributed by atoms with Crippen molar-refractivity contribution in [3.05, 3.63) is 36.0 Å². The quantitative estimate of drug-likeness (QED) is 0.466. The molecule has 1 aromatic carbocycles. The van der Waals surface area contributed by atoms with Crippen molar-refractivity contribution in [2.24, 2.45) is 10.9 Å². The fourth-order valence-corrected chi connectivity index (χ4v) is 2.30. The third kappa shape index (κ3) is 4.49. The molecular formula is C17H26N4O. The Balaban J connectivity index is 1.89. The SMILES string of the molecule is CCNC(=NCC(C)CO)NCCc1c[nH]c2ccccc12. The van der Waals surface area contributed by atoms with Crippen molar-refractivity contribution in [3.63, 3.8) is 0 Å². The van der Waals surface area contributed by atoms with Crippen LogP contribution in [0.1, 0.15) is 19.4 Å². The van der Waals surface area contributed by atoms with Crippen LogP contribution in [0.2, 0.25) is 0 Å². The monoisotopic (exact) mass is 302 g/mol. The van der Waals surface area contributed by atoms with Crippen LogP contribution in [0.3, 0.4) is 0 Å². The number of aliphatic hydroxyl groups is 1. The first-order chi connectivity index (χ1) is 10.7. The van der Waals surface area contributed by atoms with Crippen molar-refractivity contribution in [1.29, 1.82) is 0 Å². The number of guanidine groups is 1. The van der Waals surface area contributed by atoms with Gasteiger partial charge in [-0.15, -0.1) is 0 Å². The maximum Gasteiger partial charge on any atom is 0.191 e. The number of H-pyrrole nitrogens is 1. The van der Waals surface area contributed by atoms with E-state index >= 15 is 0 Å². The zero-order chi connectivity index (χ0) is 15.8. The Morgan fingerprint density at radius 3 is 2.91 bits per heavy atom. The van der Waals surface area contributed by atoms with Crippen molar-refractivity contribution in [1.82, 2.24) is 15.6 Å². The molecule has 0 aliphatic rings. The second-order valence-corrected chi connectivity index (χ2v) is 5.54. The van der Waals surface area contributed by atoms with E-state index in [1.165, 1.54) is 16.5 Å². The highest BCUT2D eigenvalue weighted by Crippen LogP contribution is 2.17. The number of hydrogen-bond donors (Lipinski definition) is 4. The molecule has 2 rings (SSSR count). The van der Waals surface area contributed by atoms with Gasteiger partial charge < -0.3 is 20.7 Å². The Morgan fingerprint density at radius 2 is 2.14 bits per heavy atom. The van der Waals surface area contributed by atoms with E-state index in [0.29, 0.717) is 6.54 Å². The van der Waals surface area contributed by atoms with Crippen LogP contribution in [-0.4, -0.2) is 42.3 Å². The maximum atomic E-state index is 9.07. The number of aromatic amines is 1.